The van der Waals surface area contributed by atoms with E-state index < -0.39 is 17.6 Å². The zero-order valence-electron chi connectivity index (χ0n) is 16.0. The second kappa shape index (κ2) is 9.18. The Hall–Kier alpha value is -3.42. The number of methoxy groups -OCH3 is 1. The van der Waals surface area contributed by atoms with Gasteiger partial charge in [0.1, 0.15) is 11.6 Å². The molecule has 0 aromatic heterocycles. The molecule has 2 N–H and O–H groups in total. The van der Waals surface area contributed by atoms with Gasteiger partial charge in [-0.3, -0.25) is 14.4 Å². The zero-order chi connectivity index (χ0) is 20.8. The van der Waals surface area contributed by atoms with E-state index in [1.165, 1.54) is 25.3 Å². The number of nitrogens with zero attached hydrogens (tertiary/aromatic N) is 1. The zero-order valence-corrected chi connectivity index (χ0v) is 16.0. The van der Waals surface area contributed by atoms with Crippen molar-refractivity contribution in [3.63, 3.8) is 0 Å². The largest absolute Gasteiger partial charge is 0.495 e. The Bertz CT molecular complexity index is 918. The molecule has 1 heterocycles. The van der Waals surface area contributed by atoms with Crippen molar-refractivity contribution in [2.45, 2.75) is 6.42 Å². The lowest BCUT2D eigenvalue weighted by atomic mass is 10.1. The quantitative estimate of drug-likeness (QED) is 0.695. The van der Waals surface area contributed by atoms with Crippen molar-refractivity contribution in [3.05, 3.63) is 59.9 Å². The highest BCUT2D eigenvalue weighted by molar-refractivity contribution is 6.01. The molecule has 2 aromatic carbocycles. The first-order valence-electron chi connectivity index (χ1n) is 9.24. The van der Waals surface area contributed by atoms with Crippen LogP contribution in [0.15, 0.2) is 48.5 Å². The topological polar surface area (TPSA) is 87.7 Å². The van der Waals surface area contributed by atoms with Crippen LogP contribution in [0.3, 0.4) is 0 Å². The fourth-order valence-corrected chi connectivity index (χ4v) is 3.21. The lowest BCUT2D eigenvalue weighted by molar-refractivity contribution is -0.126. The van der Waals surface area contributed by atoms with Crippen molar-refractivity contribution in [1.82, 2.24) is 10.6 Å². The Labute approximate surface area is 167 Å². The maximum atomic E-state index is 13.2. The third-order valence-corrected chi connectivity index (χ3v) is 4.67. The molecule has 29 heavy (non-hydrogen) atoms. The van der Waals surface area contributed by atoms with Crippen molar-refractivity contribution in [3.8, 4) is 5.75 Å². The van der Waals surface area contributed by atoms with Gasteiger partial charge in [0.05, 0.1) is 18.7 Å². The number of para-hydroxylation sites is 2. The molecule has 1 saturated heterocycles. The van der Waals surface area contributed by atoms with Crippen LogP contribution in [0, 0.1) is 11.7 Å². The predicted molar refractivity (Wildman–Crippen MR) is 105 cm³/mol. The maximum absolute atomic E-state index is 13.2. The summed E-state index contributed by atoms with van der Waals surface area (Å²) in [5.41, 5.74) is 0.850. The summed E-state index contributed by atoms with van der Waals surface area (Å²) in [6, 6.07) is 12.5. The summed E-state index contributed by atoms with van der Waals surface area (Å²) in [4.78, 5) is 38.3. The standard InChI is InChI=1S/C21H22FN3O4/c1-29-18-8-3-2-7-17(18)25-13-15(12-19(25)26)21(28)24-10-9-23-20(27)14-5-4-6-16(22)11-14/h2-8,11,15H,9-10,12-13H2,1H3,(H,23,27)(H,24,28)/t15-/m0/s1. The smallest absolute Gasteiger partial charge is 0.251 e. The third kappa shape index (κ3) is 4.90. The van der Waals surface area contributed by atoms with Gasteiger partial charge in [-0.15, -0.1) is 0 Å². The van der Waals surface area contributed by atoms with E-state index in [1.807, 2.05) is 6.07 Å². The fourth-order valence-electron chi connectivity index (χ4n) is 3.21. The first kappa shape index (κ1) is 20.3. The van der Waals surface area contributed by atoms with E-state index in [4.69, 9.17) is 4.74 Å². The Morgan fingerprint density at radius 2 is 1.90 bits per heavy atom. The Kier molecular flexibility index (Phi) is 6.43. The average Bonchev–Trinajstić information content (AvgIpc) is 3.12. The highest BCUT2D eigenvalue weighted by atomic mass is 19.1. The molecule has 0 bridgehead atoms. The molecule has 8 heteroatoms. The number of amides is 3. The number of nitrogens with one attached hydrogen (secondary N) is 2. The number of carbonyl (C=O) groups excluding carboxylic acids is 3. The van der Waals surface area contributed by atoms with Crippen molar-refractivity contribution in [1.29, 1.82) is 0 Å². The fraction of sp³-hybridized carbons (Fsp3) is 0.286. The van der Waals surface area contributed by atoms with Crippen LogP contribution < -0.4 is 20.3 Å². The number of halogens is 1. The minimum atomic E-state index is -0.489. The molecule has 3 amide bonds. The highest BCUT2D eigenvalue weighted by Crippen LogP contribution is 2.32. The summed E-state index contributed by atoms with van der Waals surface area (Å²) in [5.74, 6) is -1.22. The van der Waals surface area contributed by atoms with Gasteiger partial charge >= 0.3 is 0 Å². The van der Waals surface area contributed by atoms with Gasteiger partial charge in [0, 0.05) is 31.6 Å². The van der Waals surface area contributed by atoms with Gasteiger partial charge in [-0.2, -0.15) is 0 Å². The summed E-state index contributed by atoms with van der Waals surface area (Å²) in [6.45, 7) is 0.665. The summed E-state index contributed by atoms with van der Waals surface area (Å²) in [5, 5.41) is 5.34. The van der Waals surface area contributed by atoms with Crippen LogP contribution in [0.2, 0.25) is 0 Å². The van der Waals surface area contributed by atoms with Gasteiger partial charge in [-0.25, -0.2) is 4.39 Å². The molecule has 152 valence electrons. The minimum absolute atomic E-state index is 0.111. The number of rotatable bonds is 7. The molecule has 0 unspecified atom stereocenters. The van der Waals surface area contributed by atoms with Gasteiger partial charge in [0.2, 0.25) is 11.8 Å². The lowest BCUT2D eigenvalue weighted by Gasteiger charge is -2.19. The molecule has 2 aromatic rings. The Morgan fingerprint density at radius 3 is 2.66 bits per heavy atom. The maximum Gasteiger partial charge on any atom is 0.251 e. The van der Waals surface area contributed by atoms with Crippen LogP contribution in [-0.2, 0) is 9.59 Å². The van der Waals surface area contributed by atoms with E-state index in [2.05, 4.69) is 10.6 Å². The number of ether oxygens (including phenoxy) is 1. The average molecular weight is 399 g/mol. The van der Waals surface area contributed by atoms with Crippen molar-refractivity contribution < 1.29 is 23.5 Å². The van der Waals surface area contributed by atoms with Gasteiger partial charge in [0.25, 0.3) is 5.91 Å². The van der Waals surface area contributed by atoms with Crippen molar-refractivity contribution in [2.75, 3.05) is 31.6 Å². The summed E-state index contributed by atoms with van der Waals surface area (Å²) in [6.07, 6.45) is 0.111. The van der Waals surface area contributed by atoms with Crippen LogP contribution in [0.4, 0.5) is 10.1 Å². The molecule has 0 aliphatic carbocycles. The Balaban J connectivity index is 1.48. The summed E-state index contributed by atoms with van der Waals surface area (Å²) in [7, 11) is 1.53. The van der Waals surface area contributed by atoms with E-state index in [0.29, 0.717) is 11.4 Å². The number of hydrogen-bond acceptors (Lipinski definition) is 4. The molecule has 1 atom stereocenters. The Morgan fingerprint density at radius 1 is 1.14 bits per heavy atom. The van der Waals surface area contributed by atoms with E-state index in [0.717, 1.165) is 6.07 Å². The van der Waals surface area contributed by atoms with Crippen LogP contribution >= 0.6 is 0 Å². The molecular weight excluding hydrogens is 377 g/mol. The first-order valence-corrected chi connectivity index (χ1v) is 9.24. The molecule has 0 radical (unpaired) electrons. The number of benzene rings is 2. The van der Waals surface area contributed by atoms with Crippen LogP contribution in [0.25, 0.3) is 0 Å². The highest BCUT2D eigenvalue weighted by Gasteiger charge is 2.36. The lowest BCUT2D eigenvalue weighted by Crippen LogP contribution is -2.38. The molecule has 1 fully saturated rings. The van der Waals surface area contributed by atoms with Crippen LogP contribution in [-0.4, -0.2) is 44.5 Å². The van der Waals surface area contributed by atoms with E-state index >= 15 is 0 Å². The molecule has 0 spiro atoms. The van der Waals surface area contributed by atoms with Crippen molar-refractivity contribution in [2.24, 2.45) is 5.92 Å². The molecule has 7 nitrogen and oxygen atoms in total. The summed E-state index contributed by atoms with van der Waals surface area (Å²) >= 11 is 0. The molecule has 0 saturated carbocycles. The first-order chi connectivity index (χ1) is 14.0. The van der Waals surface area contributed by atoms with Crippen LogP contribution in [0.1, 0.15) is 16.8 Å². The van der Waals surface area contributed by atoms with Gasteiger partial charge in [0.15, 0.2) is 0 Å². The normalized spacial score (nSPS) is 15.9. The van der Waals surface area contributed by atoms with Crippen LogP contribution in [0.5, 0.6) is 5.75 Å². The summed E-state index contributed by atoms with van der Waals surface area (Å²) < 4.78 is 18.4. The van der Waals surface area contributed by atoms with Gasteiger partial charge in [-0.05, 0) is 30.3 Å². The van der Waals surface area contributed by atoms with Gasteiger partial charge < -0.3 is 20.3 Å². The number of anilines is 1. The predicted octanol–water partition coefficient (Wildman–Crippen LogP) is 1.73. The number of hydrogen-bond donors (Lipinski definition) is 2. The monoisotopic (exact) mass is 399 g/mol. The molecule has 1 aliphatic rings. The van der Waals surface area contributed by atoms with E-state index in [-0.39, 0.29) is 43.4 Å². The third-order valence-electron chi connectivity index (χ3n) is 4.67. The van der Waals surface area contributed by atoms with Gasteiger partial charge in [-0.1, -0.05) is 18.2 Å². The van der Waals surface area contributed by atoms with E-state index in [1.54, 1.807) is 23.1 Å². The molecule has 1 aliphatic heterocycles. The second-order valence-corrected chi connectivity index (χ2v) is 6.63. The molecule has 3 rings (SSSR count). The van der Waals surface area contributed by atoms with E-state index in [9.17, 15) is 18.8 Å². The SMILES string of the molecule is COc1ccccc1N1C[C@@H](C(=O)NCCNC(=O)c2cccc(F)c2)CC1=O. The number of carbonyl (C=O) groups is 3. The minimum Gasteiger partial charge on any atom is -0.495 e. The second-order valence-electron chi connectivity index (χ2n) is 6.63. The molecular formula is C21H22FN3O4. The van der Waals surface area contributed by atoms with Crippen molar-refractivity contribution >= 4 is 23.4 Å².